The van der Waals surface area contributed by atoms with E-state index < -0.39 is 0 Å². The van der Waals surface area contributed by atoms with Gasteiger partial charge in [0, 0.05) is 54.9 Å². The molecule has 1 aliphatic heterocycles. The fourth-order valence-electron chi connectivity index (χ4n) is 3.78. The van der Waals surface area contributed by atoms with Gasteiger partial charge in [0.2, 0.25) is 0 Å². The summed E-state index contributed by atoms with van der Waals surface area (Å²) in [4.78, 5) is 22.5. The van der Waals surface area contributed by atoms with Gasteiger partial charge in [-0.3, -0.25) is 9.69 Å². The number of nitrogens with one attached hydrogen (secondary N) is 1. The third-order valence-corrected chi connectivity index (χ3v) is 6.77. The highest BCUT2D eigenvalue weighted by molar-refractivity contribution is 7.09. The number of anilines is 1. The van der Waals surface area contributed by atoms with Crippen molar-refractivity contribution in [3.63, 3.8) is 0 Å². The van der Waals surface area contributed by atoms with Crippen LogP contribution in [-0.2, 0) is 6.54 Å². The maximum Gasteiger partial charge on any atom is 0.255 e. The molecule has 0 spiro atoms. The number of nitrogens with zero attached hydrogens (tertiary/aromatic N) is 3. The summed E-state index contributed by atoms with van der Waals surface area (Å²) in [5.41, 5.74) is 3.90. The molecular weight excluding hydrogens is 444 g/mol. The molecule has 168 valence electrons. The highest BCUT2D eigenvalue weighted by atomic mass is 35.5. The van der Waals surface area contributed by atoms with Crippen molar-refractivity contribution in [2.75, 3.05) is 45.7 Å². The van der Waals surface area contributed by atoms with Gasteiger partial charge in [0.1, 0.15) is 5.75 Å². The summed E-state index contributed by atoms with van der Waals surface area (Å²) < 4.78 is 5.41. The molecule has 3 aromatic rings. The number of methoxy groups -OCH3 is 1. The van der Waals surface area contributed by atoms with E-state index in [1.807, 2.05) is 42.6 Å². The zero-order valence-corrected chi connectivity index (χ0v) is 20.1. The van der Waals surface area contributed by atoms with E-state index in [0.29, 0.717) is 22.8 Å². The number of amides is 1. The SMILES string of the molecule is COc1ccc(C(=O)Nc2ccc(Cl)c(-c3csc(C)n3)c2)c(CN2CCN(C)CC2)c1. The molecule has 0 atom stereocenters. The van der Waals surface area contributed by atoms with E-state index in [-0.39, 0.29) is 5.91 Å². The first-order chi connectivity index (χ1) is 15.4. The standard InChI is InChI=1S/C24H27ClN4O2S/c1-16-26-23(15-32-16)21-13-18(4-7-22(21)25)27-24(30)20-6-5-19(31-3)12-17(20)14-29-10-8-28(2)9-11-29/h4-7,12-13,15H,8-11,14H2,1-3H3,(H,27,30). The van der Waals surface area contributed by atoms with Crippen molar-refractivity contribution in [2.45, 2.75) is 13.5 Å². The van der Waals surface area contributed by atoms with Crippen LogP contribution >= 0.6 is 22.9 Å². The average molecular weight is 471 g/mol. The van der Waals surface area contributed by atoms with E-state index in [4.69, 9.17) is 16.3 Å². The van der Waals surface area contributed by atoms with Crippen molar-refractivity contribution >= 4 is 34.5 Å². The van der Waals surface area contributed by atoms with Crippen LogP contribution in [0.1, 0.15) is 20.9 Å². The molecule has 2 aromatic carbocycles. The van der Waals surface area contributed by atoms with E-state index in [1.54, 1.807) is 24.5 Å². The Morgan fingerprint density at radius 3 is 2.66 bits per heavy atom. The Hall–Kier alpha value is -2.45. The predicted octanol–water partition coefficient (Wildman–Crippen LogP) is 4.78. The quantitative estimate of drug-likeness (QED) is 0.561. The lowest BCUT2D eigenvalue weighted by atomic mass is 10.0. The Bertz CT molecular complexity index is 1110. The molecular formula is C24H27ClN4O2S. The normalized spacial score (nSPS) is 15.0. The third kappa shape index (κ3) is 5.30. The predicted molar refractivity (Wildman–Crippen MR) is 131 cm³/mol. The molecule has 0 radical (unpaired) electrons. The maximum atomic E-state index is 13.2. The van der Waals surface area contributed by atoms with Crippen molar-refractivity contribution in [1.29, 1.82) is 0 Å². The summed E-state index contributed by atoms with van der Waals surface area (Å²) >= 11 is 7.97. The Kier molecular flexibility index (Phi) is 7.10. The topological polar surface area (TPSA) is 57.7 Å². The number of thiazole rings is 1. The molecule has 0 bridgehead atoms. The fraction of sp³-hybridized carbons (Fsp3) is 0.333. The molecule has 0 saturated carbocycles. The number of halogens is 1. The van der Waals surface area contributed by atoms with Crippen molar-refractivity contribution in [3.05, 3.63) is 62.9 Å². The molecule has 8 heteroatoms. The Labute approximate surface area is 197 Å². The van der Waals surface area contributed by atoms with Crippen LogP contribution in [0.5, 0.6) is 5.75 Å². The number of hydrogen-bond acceptors (Lipinski definition) is 6. The minimum Gasteiger partial charge on any atom is -0.497 e. The number of piperazine rings is 1. The van der Waals surface area contributed by atoms with Gasteiger partial charge < -0.3 is 15.0 Å². The van der Waals surface area contributed by atoms with Gasteiger partial charge in [0.25, 0.3) is 5.91 Å². The second kappa shape index (κ2) is 10.0. The molecule has 32 heavy (non-hydrogen) atoms. The first kappa shape index (κ1) is 22.7. The second-order valence-corrected chi connectivity index (χ2v) is 9.47. The van der Waals surface area contributed by atoms with E-state index in [9.17, 15) is 4.79 Å². The molecule has 1 aromatic heterocycles. The summed E-state index contributed by atoms with van der Waals surface area (Å²) in [6.45, 7) is 6.66. The lowest BCUT2D eigenvalue weighted by Crippen LogP contribution is -2.44. The largest absolute Gasteiger partial charge is 0.497 e. The highest BCUT2D eigenvalue weighted by Crippen LogP contribution is 2.31. The molecule has 6 nitrogen and oxygen atoms in total. The van der Waals surface area contributed by atoms with Gasteiger partial charge in [-0.2, -0.15) is 0 Å². The molecule has 1 N–H and O–H groups in total. The van der Waals surface area contributed by atoms with Gasteiger partial charge in [-0.15, -0.1) is 11.3 Å². The van der Waals surface area contributed by atoms with E-state index in [2.05, 4.69) is 27.1 Å². The van der Waals surface area contributed by atoms with Crippen LogP contribution in [0, 0.1) is 6.92 Å². The van der Waals surface area contributed by atoms with Crippen LogP contribution in [-0.4, -0.2) is 61.0 Å². The molecule has 0 unspecified atom stereocenters. The number of benzene rings is 2. The Balaban J connectivity index is 1.56. The summed E-state index contributed by atoms with van der Waals surface area (Å²) in [6, 6.07) is 11.1. The molecule has 2 heterocycles. The molecule has 1 amide bonds. The van der Waals surface area contributed by atoms with Gasteiger partial charge in [0.05, 0.1) is 22.8 Å². The monoisotopic (exact) mass is 470 g/mol. The van der Waals surface area contributed by atoms with Crippen LogP contribution in [0.25, 0.3) is 11.3 Å². The number of likely N-dealkylation sites (N-methyl/N-ethyl adjacent to an activating group) is 1. The maximum absolute atomic E-state index is 13.2. The van der Waals surface area contributed by atoms with Gasteiger partial charge >= 0.3 is 0 Å². The lowest BCUT2D eigenvalue weighted by Gasteiger charge is -2.32. The van der Waals surface area contributed by atoms with Crippen molar-refractivity contribution in [3.8, 4) is 17.0 Å². The first-order valence-corrected chi connectivity index (χ1v) is 11.8. The van der Waals surface area contributed by atoms with Gasteiger partial charge in [-0.05, 0) is 55.9 Å². The van der Waals surface area contributed by atoms with E-state index in [1.165, 1.54) is 0 Å². The van der Waals surface area contributed by atoms with Crippen molar-refractivity contribution < 1.29 is 9.53 Å². The summed E-state index contributed by atoms with van der Waals surface area (Å²) in [7, 11) is 3.78. The van der Waals surface area contributed by atoms with E-state index >= 15 is 0 Å². The summed E-state index contributed by atoms with van der Waals surface area (Å²) in [5, 5.41) is 6.58. The summed E-state index contributed by atoms with van der Waals surface area (Å²) in [5.74, 6) is 0.595. The molecule has 1 aliphatic rings. The zero-order valence-electron chi connectivity index (χ0n) is 18.5. The minimum atomic E-state index is -0.153. The van der Waals surface area contributed by atoms with Crippen LogP contribution in [0.15, 0.2) is 41.8 Å². The number of carbonyl (C=O) groups is 1. The summed E-state index contributed by atoms with van der Waals surface area (Å²) in [6.07, 6.45) is 0. The van der Waals surface area contributed by atoms with Gasteiger partial charge in [-0.25, -0.2) is 4.98 Å². The number of aryl methyl sites for hydroxylation is 1. The van der Waals surface area contributed by atoms with Crippen LogP contribution in [0.3, 0.4) is 0 Å². The smallest absolute Gasteiger partial charge is 0.255 e. The number of carbonyl (C=O) groups excluding carboxylic acids is 1. The average Bonchev–Trinajstić information content (AvgIpc) is 3.22. The Morgan fingerprint density at radius 1 is 1.19 bits per heavy atom. The zero-order chi connectivity index (χ0) is 22.7. The van der Waals surface area contributed by atoms with Crippen LogP contribution in [0.2, 0.25) is 5.02 Å². The van der Waals surface area contributed by atoms with Gasteiger partial charge in [-0.1, -0.05) is 11.6 Å². The minimum absolute atomic E-state index is 0.153. The molecule has 1 fully saturated rings. The first-order valence-electron chi connectivity index (χ1n) is 10.5. The van der Waals surface area contributed by atoms with E-state index in [0.717, 1.165) is 53.8 Å². The van der Waals surface area contributed by atoms with Crippen LogP contribution in [0.4, 0.5) is 5.69 Å². The fourth-order valence-corrected chi connectivity index (χ4v) is 4.61. The lowest BCUT2D eigenvalue weighted by molar-refractivity contribution is 0.102. The number of aromatic nitrogens is 1. The third-order valence-electron chi connectivity index (χ3n) is 5.67. The molecule has 1 saturated heterocycles. The molecule has 0 aliphatic carbocycles. The molecule has 4 rings (SSSR count). The van der Waals surface area contributed by atoms with Crippen LogP contribution < -0.4 is 10.1 Å². The second-order valence-electron chi connectivity index (χ2n) is 8.00. The number of hydrogen-bond donors (Lipinski definition) is 1. The number of rotatable bonds is 6. The highest BCUT2D eigenvalue weighted by Gasteiger charge is 2.19. The Morgan fingerprint density at radius 2 is 1.97 bits per heavy atom. The van der Waals surface area contributed by atoms with Crippen molar-refractivity contribution in [1.82, 2.24) is 14.8 Å². The van der Waals surface area contributed by atoms with Gasteiger partial charge in [0.15, 0.2) is 0 Å². The number of ether oxygens (including phenoxy) is 1. The van der Waals surface area contributed by atoms with Crippen molar-refractivity contribution in [2.24, 2.45) is 0 Å².